The molecule has 0 bridgehead atoms. The smallest absolute Gasteiger partial charge is 0.341 e. The number of carbonyl (C=O) groups is 5. The molecule has 4 amide bonds. The Morgan fingerprint density at radius 1 is 0.759 bits per heavy atom. The van der Waals surface area contributed by atoms with Gasteiger partial charge < -0.3 is 26.0 Å². The van der Waals surface area contributed by atoms with Gasteiger partial charge in [0.25, 0.3) is 17.7 Å². The molecular formula is C42H40N4O6S2. The summed E-state index contributed by atoms with van der Waals surface area (Å²) in [5.41, 5.74) is 3.75. The average molecular weight is 761 g/mol. The molecule has 12 heteroatoms. The van der Waals surface area contributed by atoms with Crippen LogP contribution in [0, 0.1) is 13.8 Å². The van der Waals surface area contributed by atoms with E-state index in [1.165, 1.54) is 11.8 Å². The van der Waals surface area contributed by atoms with Crippen LogP contribution >= 0.6 is 23.1 Å². The normalized spacial score (nSPS) is 11.6. The van der Waals surface area contributed by atoms with Gasteiger partial charge in [0.1, 0.15) is 10.7 Å². The van der Waals surface area contributed by atoms with Crippen molar-refractivity contribution in [1.82, 2.24) is 5.32 Å². The number of thioether (sulfide) groups is 1. The Labute approximate surface area is 322 Å². The van der Waals surface area contributed by atoms with E-state index in [2.05, 4.69) is 21.3 Å². The van der Waals surface area contributed by atoms with E-state index < -0.39 is 28.9 Å². The van der Waals surface area contributed by atoms with Crippen LogP contribution in [0.25, 0.3) is 6.08 Å². The predicted octanol–water partition coefficient (Wildman–Crippen LogP) is 8.71. The van der Waals surface area contributed by atoms with E-state index in [4.69, 9.17) is 4.74 Å². The minimum atomic E-state index is -0.639. The summed E-state index contributed by atoms with van der Waals surface area (Å²) in [6, 6.07) is 32.1. The third kappa shape index (κ3) is 10.1. The van der Waals surface area contributed by atoms with Crippen LogP contribution in [0.2, 0.25) is 0 Å². The zero-order chi connectivity index (χ0) is 38.6. The molecule has 5 rings (SSSR count). The topological polar surface area (TPSA) is 143 Å². The molecule has 1 heterocycles. The summed E-state index contributed by atoms with van der Waals surface area (Å²) >= 11 is 2.29. The average Bonchev–Trinajstić information content (AvgIpc) is 3.50. The molecule has 276 valence electrons. The molecule has 5 aromatic rings. The van der Waals surface area contributed by atoms with Crippen LogP contribution in [0.1, 0.15) is 67.3 Å². The zero-order valence-electron chi connectivity index (χ0n) is 30.2. The largest absolute Gasteiger partial charge is 0.462 e. The number of amides is 4. The van der Waals surface area contributed by atoms with Crippen molar-refractivity contribution in [2.45, 2.75) is 44.3 Å². The Bertz CT molecular complexity index is 2180. The second kappa shape index (κ2) is 18.7. The van der Waals surface area contributed by atoms with E-state index in [0.29, 0.717) is 33.8 Å². The Kier molecular flexibility index (Phi) is 13.6. The number of para-hydroxylation sites is 1. The van der Waals surface area contributed by atoms with Crippen LogP contribution in [-0.2, 0) is 14.3 Å². The lowest BCUT2D eigenvalue weighted by molar-refractivity contribution is -0.116. The maximum absolute atomic E-state index is 13.7. The highest BCUT2D eigenvalue weighted by Crippen LogP contribution is 2.36. The highest BCUT2D eigenvalue weighted by Gasteiger charge is 2.29. The first-order chi connectivity index (χ1) is 26.1. The molecule has 0 aliphatic rings. The molecule has 1 unspecified atom stereocenters. The van der Waals surface area contributed by atoms with Crippen LogP contribution < -0.4 is 21.3 Å². The Hall–Kier alpha value is -5.98. The maximum Gasteiger partial charge on any atom is 0.341 e. The van der Waals surface area contributed by atoms with Crippen molar-refractivity contribution in [3.8, 4) is 0 Å². The molecule has 0 radical (unpaired) electrons. The van der Waals surface area contributed by atoms with E-state index in [1.54, 1.807) is 92.7 Å². The number of carbonyl (C=O) groups excluding carboxylic acids is 5. The van der Waals surface area contributed by atoms with Gasteiger partial charge in [0.2, 0.25) is 5.91 Å². The lowest BCUT2D eigenvalue weighted by atomic mass is 10.1. The number of benzene rings is 4. The van der Waals surface area contributed by atoms with Crippen molar-refractivity contribution in [3.63, 3.8) is 0 Å². The molecule has 0 saturated heterocycles. The first kappa shape index (κ1) is 39.2. The van der Waals surface area contributed by atoms with Crippen LogP contribution in [0.15, 0.2) is 120 Å². The number of aryl methyl sites for hydroxylation is 1. The summed E-state index contributed by atoms with van der Waals surface area (Å²) in [6.07, 6.45) is 2.07. The third-order valence-corrected chi connectivity index (χ3v) is 10.7. The van der Waals surface area contributed by atoms with Gasteiger partial charge in [-0.2, -0.15) is 0 Å². The summed E-state index contributed by atoms with van der Waals surface area (Å²) < 4.78 is 5.29. The summed E-state index contributed by atoms with van der Waals surface area (Å²) in [5.74, 6) is -2.37. The van der Waals surface area contributed by atoms with Crippen LogP contribution in [0.4, 0.5) is 16.4 Å². The summed E-state index contributed by atoms with van der Waals surface area (Å²) in [5, 5.41) is 11.0. The number of hydrogen-bond donors (Lipinski definition) is 4. The highest BCUT2D eigenvalue weighted by molar-refractivity contribution is 8.00. The molecule has 0 saturated carbocycles. The number of anilines is 3. The summed E-state index contributed by atoms with van der Waals surface area (Å²) in [6.45, 7) is 7.24. The predicted molar refractivity (Wildman–Crippen MR) is 216 cm³/mol. The Morgan fingerprint density at radius 2 is 1.43 bits per heavy atom. The van der Waals surface area contributed by atoms with Gasteiger partial charge >= 0.3 is 5.97 Å². The van der Waals surface area contributed by atoms with Crippen molar-refractivity contribution < 1.29 is 28.7 Å². The number of ether oxygens (including phenoxy) is 1. The van der Waals surface area contributed by atoms with Gasteiger partial charge in [-0.25, -0.2) is 4.79 Å². The fourth-order valence-corrected chi connectivity index (χ4v) is 7.45. The van der Waals surface area contributed by atoms with E-state index in [0.717, 1.165) is 22.5 Å². The number of rotatable bonds is 14. The highest BCUT2D eigenvalue weighted by atomic mass is 32.2. The van der Waals surface area contributed by atoms with Crippen molar-refractivity contribution in [3.05, 3.63) is 148 Å². The van der Waals surface area contributed by atoms with Crippen LogP contribution in [-0.4, -0.2) is 41.5 Å². The molecule has 54 heavy (non-hydrogen) atoms. The number of esters is 1. The minimum Gasteiger partial charge on any atom is -0.462 e. The van der Waals surface area contributed by atoms with Gasteiger partial charge in [0.05, 0.1) is 22.3 Å². The molecule has 0 aliphatic carbocycles. The molecule has 1 atom stereocenters. The fraction of sp³-hybridized carbons (Fsp3) is 0.167. The Balaban J connectivity index is 1.33. The SMILES string of the molecule is CCOC(=O)c1c(NC(=O)C(CC)Sc2cccc(NC(=O)/C(=C/c3ccccc3C)NC(=O)c3ccccc3)c2)sc(C(=O)Nc2ccccc2)c1C. The number of nitrogens with one attached hydrogen (secondary N) is 4. The molecule has 0 spiro atoms. The van der Waals surface area contributed by atoms with E-state index in [1.807, 2.05) is 50.2 Å². The Morgan fingerprint density at radius 3 is 2.11 bits per heavy atom. The van der Waals surface area contributed by atoms with Crippen molar-refractivity contribution in [2.75, 3.05) is 22.6 Å². The fourth-order valence-electron chi connectivity index (χ4n) is 5.35. The lowest BCUT2D eigenvalue weighted by Crippen LogP contribution is -2.30. The van der Waals surface area contributed by atoms with Crippen molar-refractivity contribution >= 4 is 75.1 Å². The monoisotopic (exact) mass is 760 g/mol. The minimum absolute atomic E-state index is 0.0579. The third-order valence-electron chi connectivity index (χ3n) is 8.15. The van der Waals surface area contributed by atoms with Gasteiger partial charge in [0.15, 0.2) is 0 Å². The molecule has 4 N–H and O–H groups in total. The van der Waals surface area contributed by atoms with E-state index >= 15 is 0 Å². The van der Waals surface area contributed by atoms with Crippen molar-refractivity contribution in [2.24, 2.45) is 0 Å². The van der Waals surface area contributed by atoms with Crippen LogP contribution in [0.3, 0.4) is 0 Å². The summed E-state index contributed by atoms with van der Waals surface area (Å²) in [7, 11) is 0. The van der Waals surface area contributed by atoms with Gasteiger partial charge in [-0.1, -0.05) is 73.7 Å². The van der Waals surface area contributed by atoms with Crippen molar-refractivity contribution in [1.29, 1.82) is 0 Å². The molecule has 0 aliphatic heterocycles. The first-order valence-electron chi connectivity index (χ1n) is 17.3. The lowest BCUT2D eigenvalue weighted by Gasteiger charge is -2.16. The van der Waals surface area contributed by atoms with Gasteiger partial charge in [0, 0.05) is 21.8 Å². The van der Waals surface area contributed by atoms with E-state index in [9.17, 15) is 24.0 Å². The van der Waals surface area contributed by atoms with Gasteiger partial charge in [-0.05, 0) is 92.4 Å². The second-order valence-corrected chi connectivity index (χ2v) is 14.3. The number of thiophene rings is 1. The van der Waals surface area contributed by atoms with Crippen LogP contribution in [0.5, 0.6) is 0 Å². The number of hydrogen-bond acceptors (Lipinski definition) is 8. The molecule has 0 fully saturated rings. The molecular weight excluding hydrogens is 721 g/mol. The van der Waals surface area contributed by atoms with Gasteiger partial charge in [-0.15, -0.1) is 23.1 Å². The van der Waals surface area contributed by atoms with Gasteiger partial charge in [-0.3, -0.25) is 19.2 Å². The molecule has 4 aromatic carbocycles. The zero-order valence-corrected chi connectivity index (χ0v) is 31.9. The van der Waals surface area contributed by atoms with E-state index in [-0.39, 0.29) is 33.7 Å². The standard InChI is InChI=1S/C42H40N4O6S2/c1-5-34(39(49)46-41-35(42(51)52-6-2)27(4)36(54-41)40(50)43-30-20-11-8-12-21-30)53-32-23-15-22-31(25-32)44-38(48)33(24-29-19-14-13-16-26(29)3)45-37(47)28-17-9-7-10-18-28/h7-25,34H,5-6H2,1-4H3,(H,43,50)(H,44,48)(H,45,47)(H,46,49)/b33-24-. The quantitative estimate of drug-likeness (QED) is 0.0504. The first-order valence-corrected chi connectivity index (χ1v) is 19.0. The maximum atomic E-state index is 13.7. The second-order valence-electron chi connectivity index (χ2n) is 12.0. The molecule has 1 aromatic heterocycles. The summed E-state index contributed by atoms with van der Waals surface area (Å²) in [4.78, 5) is 67.8. The molecule has 10 nitrogen and oxygen atoms in total.